The molecular weight excluding hydrogens is 301 g/mol. The highest BCUT2D eigenvalue weighted by molar-refractivity contribution is 7.80. The average Bonchev–Trinajstić information content (AvgIpc) is 2.37. The summed E-state index contributed by atoms with van der Waals surface area (Å²) in [5.41, 5.74) is 7.94. The fourth-order valence-electron chi connectivity index (χ4n) is 1.47. The van der Waals surface area contributed by atoms with Gasteiger partial charge in [-0.25, -0.2) is 0 Å². The maximum Gasteiger partial charge on any atom is 0.175 e. The minimum Gasteiger partial charge on any atom is -0.397 e. The van der Waals surface area contributed by atoms with E-state index in [2.05, 4.69) is 10.6 Å². The van der Waals surface area contributed by atoms with E-state index in [4.69, 9.17) is 41.2 Å². The maximum atomic E-state index is 5.93. The summed E-state index contributed by atoms with van der Waals surface area (Å²) in [6, 6.07) is 12.6. The van der Waals surface area contributed by atoms with Crippen molar-refractivity contribution in [3.05, 3.63) is 52.5 Å². The number of nitrogens with one attached hydrogen (secondary N) is 2. The van der Waals surface area contributed by atoms with E-state index in [0.717, 1.165) is 11.4 Å². The first-order valence-corrected chi connectivity index (χ1v) is 6.60. The minimum atomic E-state index is 0.427. The van der Waals surface area contributed by atoms with Gasteiger partial charge in [-0.05, 0) is 42.5 Å². The van der Waals surface area contributed by atoms with E-state index < -0.39 is 0 Å². The zero-order chi connectivity index (χ0) is 13.8. The number of anilines is 3. The summed E-state index contributed by atoms with van der Waals surface area (Å²) in [5, 5.41) is 7.41. The Morgan fingerprint density at radius 3 is 2.42 bits per heavy atom. The van der Waals surface area contributed by atoms with Crippen LogP contribution in [-0.4, -0.2) is 5.11 Å². The highest BCUT2D eigenvalue weighted by Gasteiger charge is 2.03. The van der Waals surface area contributed by atoms with Crippen LogP contribution in [0.15, 0.2) is 42.5 Å². The third kappa shape index (κ3) is 3.73. The Hall–Kier alpha value is -1.49. The summed E-state index contributed by atoms with van der Waals surface area (Å²) >= 11 is 17.0. The molecule has 2 rings (SSSR count). The van der Waals surface area contributed by atoms with E-state index in [-0.39, 0.29) is 0 Å². The van der Waals surface area contributed by atoms with E-state index >= 15 is 0 Å². The van der Waals surface area contributed by atoms with Gasteiger partial charge in [-0.2, -0.15) is 0 Å². The molecule has 0 aliphatic carbocycles. The normalized spacial score (nSPS) is 10.0. The average molecular weight is 312 g/mol. The number of hydrogen-bond donors (Lipinski definition) is 3. The molecule has 0 radical (unpaired) electrons. The SMILES string of the molecule is Nc1ccccc1NC(=S)Nc1ccc(Cl)c(Cl)c1. The van der Waals surface area contributed by atoms with Crippen LogP contribution in [-0.2, 0) is 0 Å². The summed E-state index contributed by atoms with van der Waals surface area (Å²) < 4.78 is 0. The Balaban J connectivity index is 2.05. The fourth-order valence-corrected chi connectivity index (χ4v) is 2.00. The van der Waals surface area contributed by atoms with Gasteiger partial charge in [0.2, 0.25) is 0 Å². The molecule has 98 valence electrons. The Kier molecular flexibility index (Phi) is 4.47. The molecule has 0 heterocycles. The lowest BCUT2D eigenvalue weighted by molar-refractivity contribution is 1.59. The first kappa shape index (κ1) is 13.9. The lowest BCUT2D eigenvalue weighted by atomic mass is 10.3. The Morgan fingerprint density at radius 1 is 1.00 bits per heavy atom. The highest BCUT2D eigenvalue weighted by Crippen LogP contribution is 2.25. The minimum absolute atomic E-state index is 0.427. The molecule has 0 unspecified atom stereocenters. The van der Waals surface area contributed by atoms with Crippen molar-refractivity contribution in [2.75, 3.05) is 16.4 Å². The standard InChI is InChI=1S/C13H11Cl2N3S/c14-9-6-5-8(7-10(9)15)17-13(19)18-12-4-2-1-3-11(12)16/h1-7H,16H2,(H2,17,18,19). The lowest BCUT2D eigenvalue weighted by Gasteiger charge is -2.12. The van der Waals surface area contributed by atoms with E-state index in [1.807, 2.05) is 18.2 Å². The van der Waals surface area contributed by atoms with Crippen molar-refractivity contribution in [3.63, 3.8) is 0 Å². The summed E-state index contributed by atoms with van der Waals surface area (Å²) in [6.07, 6.45) is 0. The number of thiocarbonyl (C=S) groups is 1. The van der Waals surface area contributed by atoms with Gasteiger partial charge in [-0.3, -0.25) is 0 Å². The molecule has 0 aromatic heterocycles. The van der Waals surface area contributed by atoms with E-state index in [1.54, 1.807) is 24.3 Å². The third-order valence-corrected chi connectivity index (χ3v) is 3.33. The molecule has 0 saturated carbocycles. The van der Waals surface area contributed by atoms with E-state index in [1.165, 1.54) is 0 Å². The van der Waals surface area contributed by atoms with Crippen molar-refractivity contribution >= 4 is 57.6 Å². The number of para-hydroxylation sites is 2. The van der Waals surface area contributed by atoms with Crippen LogP contribution in [0.3, 0.4) is 0 Å². The molecule has 0 bridgehead atoms. The summed E-state index contributed by atoms with van der Waals surface area (Å²) in [7, 11) is 0. The molecule has 0 spiro atoms. The van der Waals surface area contributed by atoms with Crippen LogP contribution in [0.25, 0.3) is 0 Å². The molecule has 0 aliphatic rings. The zero-order valence-corrected chi connectivity index (χ0v) is 12.1. The summed E-state index contributed by atoms with van der Waals surface area (Å²) in [6.45, 7) is 0. The number of rotatable bonds is 2. The van der Waals surface area contributed by atoms with Crippen LogP contribution in [0.4, 0.5) is 17.1 Å². The molecule has 3 nitrogen and oxygen atoms in total. The van der Waals surface area contributed by atoms with Gasteiger partial charge in [0.15, 0.2) is 5.11 Å². The molecule has 0 aliphatic heterocycles. The number of halogens is 2. The summed E-state index contributed by atoms with van der Waals surface area (Å²) in [5.74, 6) is 0. The fraction of sp³-hybridized carbons (Fsp3) is 0. The van der Waals surface area contributed by atoms with Gasteiger partial charge in [-0.15, -0.1) is 0 Å². The molecule has 0 fully saturated rings. The number of nitrogen functional groups attached to an aromatic ring is 1. The number of hydrogen-bond acceptors (Lipinski definition) is 2. The molecule has 0 amide bonds. The second-order valence-electron chi connectivity index (χ2n) is 3.80. The Labute approximate surface area is 126 Å². The smallest absolute Gasteiger partial charge is 0.175 e. The molecular formula is C13H11Cl2N3S. The quantitative estimate of drug-likeness (QED) is 0.569. The van der Waals surface area contributed by atoms with Gasteiger partial charge in [0.1, 0.15) is 0 Å². The van der Waals surface area contributed by atoms with Gasteiger partial charge < -0.3 is 16.4 Å². The second kappa shape index (κ2) is 6.10. The zero-order valence-electron chi connectivity index (χ0n) is 9.78. The van der Waals surface area contributed by atoms with Crippen LogP contribution >= 0.6 is 35.4 Å². The predicted molar refractivity (Wildman–Crippen MR) is 87.2 cm³/mol. The van der Waals surface area contributed by atoms with E-state index in [0.29, 0.717) is 20.8 Å². The highest BCUT2D eigenvalue weighted by atomic mass is 35.5. The van der Waals surface area contributed by atoms with Crippen molar-refractivity contribution in [2.24, 2.45) is 0 Å². The first-order valence-electron chi connectivity index (χ1n) is 5.44. The van der Waals surface area contributed by atoms with Crippen molar-refractivity contribution < 1.29 is 0 Å². The monoisotopic (exact) mass is 311 g/mol. The summed E-state index contributed by atoms with van der Waals surface area (Å²) in [4.78, 5) is 0. The predicted octanol–water partition coefficient (Wildman–Crippen LogP) is 4.38. The topological polar surface area (TPSA) is 50.1 Å². The van der Waals surface area contributed by atoms with E-state index in [9.17, 15) is 0 Å². The van der Waals surface area contributed by atoms with Crippen LogP contribution < -0.4 is 16.4 Å². The molecule has 0 atom stereocenters. The Bertz CT molecular complexity index is 617. The van der Waals surface area contributed by atoms with Crippen molar-refractivity contribution in [2.45, 2.75) is 0 Å². The van der Waals surface area contributed by atoms with Crippen molar-refractivity contribution in [3.8, 4) is 0 Å². The van der Waals surface area contributed by atoms with Gasteiger partial charge in [0.05, 0.1) is 21.4 Å². The van der Waals surface area contributed by atoms with Crippen molar-refractivity contribution in [1.82, 2.24) is 0 Å². The largest absolute Gasteiger partial charge is 0.397 e. The molecule has 2 aromatic rings. The number of benzene rings is 2. The molecule has 6 heteroatoms. The number of nitrogens with two attached hydrogens (primary N) is 1. The van der Waals surface area contributed by atoms with Gasteiger partial charge >= 0.3 is 0 Å². The second-order valence-corrected chi connectivity index (χ2v) is 5.02. The van der Waals surface area contributed by atoms with Gasteiger partial charge in [0.25, 0.3) is 0 Å². The van der Waals surface area contributed by atoms with Crippen LogP contribution in [0, 0.1) is 0 Å². The van der Waals surface area contributed by atoms with Gasteiger partial charge in [-0.1, -0.05) is 35.3 Å². The van der Waals surface area contributed by atoms with Crippen LogP contribution in [0.5, 0.6) is 0 Å². The molecule has 2 aromatic carbocycles. The first-order chi connectivity index (χ1) is 9.06. The molecule has 19 heavy (non-hydrogen) atoms. The van der Waals surface area contributed by atoms with Crippen LogP contribution in [0.1, 0.15) is 0 Å². The third-order valence-electron chi connectivity index (χ3n) is 2.39. The Morgan fingerprint density at radius 2 is 1.74 bits per heavy atom. The van der Waals surface area contributed by atoms with Crippen LogP contribution in [0.2, 0.25) is 10.0 Å². The molecule has 0 saturated heterocycles. The van der Waals surface area contributed by atoms with Gasteiger partial charge in [0, 0.05) is 5.69 Å². The maximum absolute atomic E-state index is 5.93. The van der Waals surface area contributed by atoms with Crippen molar-refractivity contribution in [1.29, 1.82) is 0 Å². The molecule has 4 N–H and O–H groups in total. The lowest BCUT2D eigenvalue weighted by Crippen LogP contribution is -2.19.